The molecular weight excluding hydrogens is 421 g/mol. The number of carbonyl (C=O) groups excluding carboxylic acids is 1. The lowest BCUT2D eigenvalue weighted by Gasteiger charge is -2.21. The zero-order valence-corrected chi connectivity index (χ0v) is 17.3. The molecule has 0 fully saturated rings. The minimum atomic E-state index is -1.50. The average molecular weight is 442 g/mol. The average Bonchev–Trinajstić information content (AvgIpc) is 3.21. The maximum atomic E-state index is 13.5. The Balaban J connectivity index is 1.61. The number of methoxy groups -OCH3 is 1. The number of rotatable bonds is 7. The predicted octanol–water partition coefficient (Wildman–Crippen LogP) is 3.97. The number of aliphatic hydroxyl groups excluding tert-OH is 1. The van der Waals surface area contributed by atoms with Gasteiger partial charge in [0.25, 0.3) is 0 Å². The molecule has 1 aliphatic heterocycles. The molecule has 1 aliphatic rings. The summed E-state index contributed by atoms with van der Waals surface area (Å²) in [6.07, 6.45) is 1.11. The summed E-state index contributed by atoms with van der Waals surface area (Å²) >= 11 is 0. The van der Waals surface area contributed by atoms with Gasteiger partial charge in [-0.15, -0.1) is 0 Å². The van der Waals surface area contributed by atoms with Crippen molar-refractivity contribution in [1.29, 1.82) is 0 Å². The summed E-state index contributed by atoms with van der Waals surface area (Å²) in [6.45, 7) is 0.535. The van der Waals surface area contributed by atoms with E-state index in [1.165, 1.54) is 7.11 Å². The molecule has 0 saturated carbocycles. The Bertz CT molecular complexity index is 1150. The number of Topliss-reactive ketones (excluding diaryl/α,β-unsaturated/α-hetero) is 1. The summed E-state index contributed by atoms with van der Waals surface area (Å²) in [6, 6.07) is 10.9. The van der Waals surface area contributed by atoms with Crippen molar-refractivity contribution in [2.45, 2.75) is 18.9 Å². The first-order valence-corrected chi connectivity index (χ1v) is 10.1. The van der Waals surface area contributed by atoms with Crippen molar-refractivity contribution in [2.24, 2.45) is 0 Å². The molecular formula is C24H21F3N2O3. The second-order valence-corrected chi connectivity index (χ2v) is 7.60. The van der Waals surface area contributed by atoms with Crippen LogP contribution >= 0.6 is 0 Å². The van der Waals surface area contributed by atoms with Crippen LogP contribution in [0.4, 0.5) is 24.5 Å². The van der Waals surface area contributed by atoms with E-state index in [1.54, 1.807) is 30.5 Å². The highest BCUT2D eigenvalue weighted by Crippen LogP contribution is 2.37. The Morgan fingerprint density at radius 2 is 1.94 bits per heavy atom. The van der Waals surface area contributed by atoms with Crippen molar-refractivity contribution in [3.8, 4) is 0 Å². The topological polar surface area (TPSA) is 62.7 Å². The maximum absolute atomic E-state index is 13.5. The fourth-order valence-corrected chi connectivity index (χ4v) is 4.00. The minimum Gasteiger partial charge on any atom is -0.382 e. The Kier molecular flexibility index (Phi) is 6.25. The van der Waals surface area contributed by atoms with Gasteiger partial charge >= 0.3 is 0 Å². The molecule has 3 aromatic rings. The summed E-state index contributed by atoms with van der Waals surface area (Å²) in [5.41, 5.74) is 3.78. The number of hydrogen-bond donors (Lipinski definition) is 1. The van der Waals surface area contributed by atoms with Crippen molar-refractivity contribution in [3.05, 3.63) is 88.5 Å². The van der Waals surface area contributed by atoms with E-state index in [-0.39, 0.29) is 24.4 Å². The van der Waals surface area contributed by atoms with Crippen molar-refractivity contribution in [1.82, 2.24) is 4.98 Å². The highest BCUT2D eigenvalue weighted by molar-refractivity contribution is 6.02. The first-order chi connectivity index (χ1) is 15.4. The molecule has 0 radical (unpaired) electrons. The van der Waals surface area contributed by atoms with Crippen LogP contribution in [0.15, 0.2) is 48.7 Å². The van der Waals surface area contributed by atoms with Crippen LogP contribution in [0.5, 0.6) is 0 Å². The number of aliphatic hydroxyl groups is 1. The largest absolute Gasteiger partial charge is 0.382 e. The van der Waals surface area contributed by atoms with Crippen LogP contribution in [0.2, 0.25) is 0 Å². The fraction of sp³-hybridized carbons (Fsp3) is 0.250. The number of nitrogens with zero attached hydrogens (tertiary/aromatic N) is 2. The number of aromatic nitrogens is 1. The van der Waals surface area contributed by atoms with Gasteiger partial charge in [-0.25, -0.2) is 13.2 Å². The highest BCUT2D eigenvalue weighted by atomic mass is 19.2. The van der Waals surface area contributed by atoms with E-state index in [2.05, 4.69) is 4.98 Å². The number of benzene rings is 2. The first-order valence-electron chi connectivity index (χ1n) is 10.1. The van der Waals surface area contributed by atoms with Gasteiger partial charge in [-0.1, -0.05) is 12.1 Å². The molecule has 1 atom stereocenters. The maximum Gasteiger partial charge on any atom is 0.194 e. The third-order valence-corrected chi connectivity index (χ3v) is 5.46. The van der Waals surface area contributed by atoms with Crippen LogP contribution in [0, 0.1) is 17.5 Å². The van der Waals surface area contributed by atoms with Gasteiger partial charge < -0.3 is 14.7 Å². The number of carbonyl (C=O) groups is 1. The summed E-state index contributed by atoms with van der Waals surface area (Å²) in [5, 5.41) is 10.0. The number of ether oxygens (including phenoxy) is 1. The van der Waals surface area contributed by atoms with E-state index in [1.807, 2.05) is 11.0 Å². The number of hydrogen-bond acceptors (Lipinski definition) is 5. The summed E-state index contributed by atoms with van der Waals surface area (Å²) in [7, 11) is 1.42. The first kappa shape index (κ1) is 22.0. The molecule has 8 heteroatoms. The molecule has 1 aromatic heterocycles. The lowest BCUT2D eigenvalue weighted by Crippen LogP contribution is -2.26. The van der Waals surface area contributed by atoms with Crippen LogP contribution in [0.1, 0.15) is 27.2 Å². The van der Waals surface area contributed by atoms with Crippen molar-refractivity contribution < 1.29 is 27.8 Å². The lowest BCUT2D eigenvalue weighted by atomic mass is 9.98. The van der Waals surface area contributed by atoms with Gasteiger partial charge in [0.15, 0.2) is 23.2 Å². The number of ketones is 1. The Hall–Kier alpha value is -3.23. The molecule has 2 heterocycles. The van der Waals surface area contributed by atoms with Gasteiger partial charge in [0.1, 0.15) is 6.10 Å². The van der Waals surface area contributed by atoms with Crippen LogP contribution in [-0.2, 0) is 17.6 Å². The summed E-state index contributed by atoms with van der Waals surface area (Å²) in [5.74, 6) is -4.36. The number of anilines is 2. The Labute approximate surface area is 183 Å². The van der Waals surface area contributed by atoms with Crippen LogP contribution < -0.4 is 4.90 Å². The second kappa shape index (κ2) is 9.10. The van der Waals surface area contributed by atoms with Crippen LogP contribution in [0.3, 0.4) is 0 Å². The smallest absolute Gasteiger partial charge is 0.194 e. The van der Waals surface area contributed by atoms with Crippen molar-refractivity contribution in [3.63, 3.8) is 0 Å². The number of halogens is 3. The third kappa shape index (κ3) is 4.24. The second-order valence-electron chi connectivity index (χ2n) is 7.60. The highest BCUT2D eigenvalue weighted by Gasteiger charge is 2.28. The van der Waals surface area contributed by atoms with E-state index in [0.29, 0.717) is 24.2 Å². The van der Waals surface area contributed by atoms with Gasteiger partial charge in [-0.2, -0.15) is 0 Å². The zero-order valence-electron chi connectivity index (χ0n) is 17.3. The molecule has 0 unspecified atom stereocenters. The molecule has 0 spiro atoms. The lowest BCUT2D eigenvalue weighted by molar-refractivity contribution is 0.0475. The van der Waals surface area contributed by atoms with Crippen LogP contribution in [-0.4, -0.2) is 42.2 Å². The van der Waals surface area contributed by atoms with E-state index >= 15 is 0 Å². The number of pyridine rings is 1. The molecule has 1 N–H and O–H groups in total. The summed E-state index contributed by atoms with van der Waals surface area (Å²) in [4.78, 5) is 18.9. The fourth-order valence-electron chi connectivity index (χ4n) is 4.00. The SMILES string of the molecule is COC[C@H](O)C(=O)c1cccc2c1CCN2c1ccnc(Cc2cc(F)c(F)c(F)c2)c1. The van der Waals surface area contributed by atoms with Crippen LogP contribution in [0.25, 0.3) is 0 Å². The van der Waals surface area contributed by atoms with Crippen molar-refractivity contribution >= 4 is 17.2 Å². The summed E-state index contributed by atoms with van der Waals surface area (Å²) < 4.78 is 45.2. The van der Waals surface area contributed by atoms with Gasteiger partial charge in [-0.05, 0) is 47.9 Å². The van der Waals surface area contributed by atoms with E-state index in [4.69, 9.17) is 4.74 Å². The molecule has 0 saturated heterocycles. The monoisotopic (exact) mass is 442 g/mol. The molecule has 0 aliphatic carbocycles. The molecule has 166 valence electrons. The molecule has 0 bridgehead atoms. The molecule has 2 aromatic carbocycles. The van der Waals surface area contributed by atoms with Gasteiger partial charge in [0.05, 0.1) is 6.61 Å². The molecule has 5 nitrogen and oxygen atoms in total. The van der Waals surface area contributed by atoms with Gasteiger partial charge in [0, 0.05) is 48.9 Å². The van der Waals surface area contributed by atoms with E-state index in [0.717, 1.165) is 29.1 Å². The third-order valence-electron chi connectivity index (χ3n) is 5.46. The quantitative estimate of drug-likeness (QED) is 0.443. The molecule has 0 amide bonds. The standard InChI is InChI=1S/C24H21F3N2O3/c1-32-13-22(30)24(31)18-3-2-4-21-17(18)6-8-29(21)16-5-7-28-15(12-16)9-14-10-19(25)23(27)20(26)11-14/h2-5,7,10-12,22,30H,6,8-9,13H2,1H3/t22-/m0/s1. The normalized spacial score (nSPS) is 13.8. The Morgan fingerprint density at radius 1 is 1.19 bits per heavy atom. The van der Waals surface area contributed by atoms with Gasteiger partial charge in [0.2, 0.25) is 0 Å². The van der Waals surface area contributed by atoms with Gasteiger partial charge in [-0.3, -0.25) is 9.78 Å². The molecule has 4 rings (SSSR count). The predicted molar refractivity (Wildman–Crippen MR) is 113 cm³/mol. The Morgan fingerprint density at radius 3 is 2.66 bits per heavy atom. The minimum absolute atomic E-state index is 0.0789. The zero-order chi connectivity index (χ0) is 22.8. The number of fused-ring (bicyclic) bond motifs is 1. The van der Waals surface area contributed by atoms with Crippen molar-refractivity contribution in [2.75, 3.05) is 25.2 Å². The van der Waals surface area contributed by atoms with E-state index in [9.17, 15) is 23.1 Å². The molecule has 32 heavy (non-hydrogen) atoms. The van der Waals surface area contributed by atoms with E-state index < -0.39 is 23.6 Å².